The summed E-state index contributed by atoms with van der Waals surface area (Å²) in [6.45, 7) is 5.52. The lowest BCUT2D eigenvalue weighted by molar-refractivity contribution is -0.116. The molecule has 9 heteroatoms. The van der Waals surface area contributed by atoms with Crippen LogP contribution in [0.4, 0.5) is 0 Å². The molecule has 0 aliphatic rings. The molecule has 0 aliphatic heterocycles. The average Bonchev–Trinajstić information content (AvgIpc) is 3.31. The van der Waals surface area contributed by atoms with Gasteiger partial charge in [0.05, 0.1) is 11.4 Å². The Hall–Kier alpha value is -3.30. The smallest absolute Gasteiger partial charge is 0.244 e. The second-order valence-corrected chi connectivity index (χ2v) is 9.06. The molecule has 32 heavy (non-hydrogen) atoms. The van der Waals surface area contributed by atoms with Crippen LogP contribution < -0.4 is 5.32 Å². The Morgan fingerprint density at radius 1 is 1.03 bits per heavy atom. The van der Waals surface area contributed by atoms with Crippen molar-refractivity contribution in [2.45, 2.75) is 31.8 Å². The third-order valence-electron chi connectivity index (χ3n) is 4.95. The van der Waals surface area contributed by atoms with Crippen LogP contribution in [0.3, 0.4) is 0 Å². The molecule has 0 atom stereocenters. The molecule has 2 aromatic carbocycles. The van der Waals surface area contributed by atoms with Gasteiger partial charge in [-0.2, -0.15) is 9.40 Å². The second-order valence-electron chi connectivity index (χ2n) is 7.12. The van der Waals surface area contributed by atoms with Crippen molar-refractivity contribution in [2.75, 3.05) is 13.1 Å². The minimum atomic E-state index is -3.48. The van der Waals surface area contributed by atoms with Crippen molar-refractivity contribution in [3.63, 3.8) is 0 Å². The van der Waals surface area contributed by atoms with Gasteiger partial charge in [-0.05, 0) is 34.9 Å². The monoisotopic (exact) mass is 453 g/mol. The fourth-order valence-electron chi connectivity index (χ4n) is 3.15. The molecule has 8 nitrogen and oxygen atoms in total. The molecule has 0 saturated carbocycles. The zero-order valence-corrected chi connectivity index (χ0v) is 19.0. The van der Waals surface area contributed by atoms with Crippen LogP contribution in [0.2, 0.25) is 0 Å². The van der Waals surface area contributed by atoms with E-state index in [4.69, 9.17) is 0 Å². The summed E-state index contributed by atoms with van der Waals surface area (Å²) < 4.78 is 28.2. The lowest BCUT2D eigenvalue weighted by atomic mass is 10.1. The minimum Gasteiger partial charge on any atom is -0.348 e. The van der Waals surface area contributed by atoms with Crippen LogP contribution in [0, 0.1) is 0 Å². The molecule has 0 unspecified atom stereocenters. The number of hydrogen-bond donors (Lipinski definition) is 1. The summed E-state index contributed by atoms with van der Waals surface area (Å²) in [4.78, 5) is 16.3. The van der Waals surface area contributed by atoms with Gasteiger partial charge in [-0.15, -0.1) is 0 Å². The number of carbonyl (C=O) groups excluding carboxylic acids is 1. The lowest BCUT2D eigenvalue weighted by Crippen LogP contribution is -2.30. The second kappa shape index (κ2) is 10.8. The fourth-order valence-corrected chi connectivity index (χ4v) is 4.61. The number of aromatic nitrogens is 3. The summed E-state index contributed by atoms with van der Waals surface area (Å²) >= 11 is 0. The van der Waals surface area contributed by atoms with Crippen molar-refractivity contribution in [1.29, 1.82) is 0 Å². The van der Waals surface area contributed by atoms with E-state index in [1.807, 2.05) is 38.1 Å². The van der Waals surface area contributed by atoms with Crippen LogP contribution in [0.25, 0.3) is 6.08 Å². The maximum absolute atomic E-state index is 12.5. The predicted molar refractivity (Wildman–Crippen MR) is 123 cm³/mol. The summed E-state index contributed by atoms with van der Waals surface area (Å²) in [7, 11) is -3.48. The summed E-state index contributed by atoms with van der Waals surface area (Å²) in [5, 5.41) is 6.92. The number of carbonyl (C=O) groups is 1. The standard InChI is InChI=1S/C23H27N5O3S/c1-3-28(4-2)32(30,31)22-12-9-19(10-13-22)11-14-23(29)25-15-20-5-7-21(8-6-20)16-27-18-24-17-26-27/h5-14,17-18H,3-4,15-16H2,1-2H3,(H,25,29)/b14-11+. The maximum atomic E-state index is 12.5. The topological polar surface area (TPSA) is 97.2 Å². The Balaban J connectivity index is 1.52. The van der Waals surface area contributed by atoms with Gasteiger partial charge < -0.3 is 5.32 Å². The van der Waals surface area contributed by atoms with Crippen molar-refractivity contribution in [2.24, 2.45) is 0 Å². The Morgan fingerprint density at radius 3 is 2.28 bits per heavy atom. The molecule has 1 amide bonds. The van der Waals surface area contributed by atoms with E-state index in [-0.39, 0.29) is 10.8 Å². The van der Waals surface area contributed by atoms with Crippen LogP contribution in [0.5, 0.6) is 0 Å². The van der Waals surface area contributed by atoms with Crippen molar-refractivity contribution in [1.82, 2.24) is 24.4 Å². The number of amides is 1. The molecule has 0 radical (unpaired) electrons. The van der Waals surface area contributed by atoms with Gasteiger partial charge in [0, 0.05) is 25.7 Å². The van der Waals surface area contributed by atoms with Gasteiger partial charge in [-0.25, -0.2) is 18.1 Å². The van der Waals surface area contributed by atoms with Gasteiger partial charge in [-0.3, -0.25) is 4.79 Å². The molecule has 3 rings (SSSR count). The number of rotatable bonds is 10. The summed E-state index contributed by atoms with van der Waals surface area (Å²) in [6, 6.07) is 14.4. The predicted octanol–water partition coefficient (Wildman–Crippen LogP) is 2.69. The van der Waals surface area contributed by atoms with E-state index in [0.717, 1.165) is 16.7 Å². The first kappa shape index (κ1) is 23.4. The zero-order valence-electron chi connectivity index (χ0n) is 18.2. The molecule has 0 saturated heterocycles. The highest BCUT2D eigenvalue weighted by atomic mass is 32.2. The first-order valence-electron chi connectivity index (χ1n) is 10.4. The Labute approximate surface area is 188 Å². The van der Waals surface area contributed by atoms with E-state index in [2.05, 4.69) is 15.4 Å². The van der Waals surface area contributed by atoms with Crippen LogP contribution in [0.1, 0.15) is 30.5 Å². The maximum Gasteiger partial charge on any atom is 0.244 e. The van der Waals surface area contributed by atoms with Crippen molar-refractivity contribution >= 4 is 22.0 Å². The van der Waals surface area contributed by atoms with Crippen LogP contribution in [0.15, 0.2) is 72.2 Å². The van der Waals surface area contributed by atoms with Gasteiger partial charge in [0.25, 0.3) is 0 Å². The summed E-state index contributed by atoms with van der Waals surface area (Å²) in [6.07, 6.45) is 6.26. The molecule has 1 heterocycles. The Bertz CT molecular complexity index is 1140. The number of nitrogens with zero attached hydrogens (tertiary/aromatic N) is 4. The minimum absolute atomic E-state index is 0.225. The van der Waals surface area contributed by atoms with E-state index in [1.54, 1.807) is 41.4 Å². The number of sulfonamides is 1. The normalized spacial score (nSPS) is 11.8. The fraction of sp³-hybridized carbons (Fsp3) is 0.261. The summed E-state index contributed by atoms with van der Waals surface area (Å²) in [5.41, 5.74) is 2.83. The zero-order chi connectivity index (χ0) is 23.0. The van der Waals surface area contributed by atoms with Crippen LogP contribution >= 0.6 is 0 Å². The highest BCUT2D eigenvalue weighted by molar-refractivity contribution is 7.89. The molecule has 0 fully saturated rings. The van der Waals surface area contributed by atoms with E-state index >= 15 is 0 Å². The molecule has 0 bridgehead atoms. The van der Waals surface area contributed by atoms with Gasteiger partial charge in [0.2, 0.25) is 15.9 Å². The molecular formula is C23H27N5O3S. The first-order chi connectivity index (χ1) is 15.4. The van der Waals surface area contributed by atoms with Crippen LogP contribution in [-0.2, 0) is 27.9 Å². The number of nitrogens with one attached hydrogen (secondary N) is 1. The largest absolute Gasteiger partial charge is 0.348 e. The number of hydrogen-bond acceptors (Lipinski definition) is 5. The highest BCUT2D eigenvalue weighted by Crippen LogP contribution is 2.16. The van der Waals surface area contributed by atoms with E-state index in [1.165, 1.54) is 16.7 Å². The third-order valence-corrected chi connectivity index (χ3v) is 7.02. The molecule has 0 spiro atoms. The third kappa shape index (κ3) is 6.12. The first-order valence-corrected chi connectivity index (χ1v) is 11.8. The van der Waals surface area contributed by atoms with Crippen molar-refractivity contribution < 1.29 is 13.2 Å². The Kier molecular flexibility index (Phi) is 7.91. The van der Waals surface area contributed by atoms with E-state index < -0.39 is 10.0 Å². The van der Waals surface area contributed by atoms with Crippen molar-refractivity contribution in [3.8, 4) is 0 Å². The number of benzene rings is 2. The lowest BCUT2D eigenvalue weighted by Gasteiger charge is -2.18. The van der Waals surface area contributed by atoms with E-state index in [0.29, 0.717) is 26.2 Å². The molecule has 3 aromatic rings. The SMILES string of the molecule is CCN(CC)S(=O)(=O)c1ccc(/C=C/C(=O)NCc2ccc(Cn3cncn3)cc2)cc1. The average molecular weight is 454 g/mol. The highest BCUT2D eigenvalue weighted by Gasteiger charge is 2.20. The van der Waals surface area contributed by atoms with Crippen LogP contribution in [-0.4, -0.2) is 46.5 Å². The van der Waals surface area contributed by atoms with Crippen molar-refractivity contribution in [3.05, 3.63) is 84.0 Å². The van der Waals surface area contributed by atoms with Gasteiger partial charge in [0.1, 0.15) is 12.7 Å². The quantitative estimate of drug-likeness (QED) is 0.476. The van der Waals surface area contributed by atoms with E-state index in [9.17, 15) is 13.2 Å². The molecule has 1 N–H and O–H groups in total. The van der Waals surface area contributed by atoms with Gasteiger partial charge in [-0.1, -0.05) is 50.2 Å². The van der Waals surface area contributed by atoms with Gasteiger partial charge in [0.15, 0.2) is 0 Å². The summed E-state index contributed by atoms with van der Waals surface area (Å²) in [5.74, 6) is -0.225. The Morgan fingerprint density at radius 2 is 1.69 bits per heavy atom. The van der Waals surface area contributed by atoms with Gasteiger partial charge >= 0.3 is 0 Å². The molecule has 0 aliphatic carbocycles. The molecular weight excluding hydrogens is 426 g/mol. The molecule has 1 aromatic heterocycles. The molecule has 168 valence electrons.